The van der Waals surface area contributed by atoms with Gasteiger partial charge in [-0.1, -0.05) is 239 Å². The van der Waals surface area contributed by atoms with Gasteiger partial charge in [0.25, 0.3) is 6.71 Å². The van der Waals surface area contributed by atoms with E-state index in [9.17, 15) is 0 Å². The fourth-order valence-corrected chi connectivity index (χ4v) is 15.6. The van der Waals surface area contributed by atoms with E-state index < -0.39 is 0 Å². The molecule has 95 heavy (non-hydrogen) atoms. The minimum Gasteiger partial charge on any atom is -0.455 e. The molecule has 0 N–H and O–H groups in total. The maximum absolute atomic E-state index is 6.72. The molecule has 0 amide bonds. The zero-order chi connectivity index (χ0) is 64.2. The Morgan fingerprint density at radius 1 is 0.347 bits per heavy atom. The summed E-state index contributed by atoms with van der Waals surface area (Å²) >= 11 is 0. The lowest BCUT2D eigenvalue weighted by Crippen LogP contribution is -2.61. The van der Waals surface area contributed by atoms with Crippen molar-refractivity contribution in [3.8, 4) is 55.6 Å². The van der Waals surface area contributed by atoms with Crippen LogP contribution in [0.2, 0.25) is 0 Å². The fourth-order valence-electron chi connectivity index (χ4n) is 15.6. The van der Waals surface area contributed by atoms with E-state index in [1.54, 1.807) is 0 Å². The van der Waals surface area contributed by atoms with E-state index in [4.69, 9.17) is 4.42 Å². The van der Waals surface area contributed by atoms with Crippen LogP contribution in [0.1, 0.15) is 48.6 Å². The molecule has 1 aromatic heterocycles. The molecule has 0 bridgehead atoms. The third-order valence-corrected chi connectivity index (χ3v) is 20.1. The quantitative estimate of drug-likeness (QED) is 0.127. The van der Waals surface area contributed by atoms with Crippen molar-refractivity contribution >= 4 is 107 Å². The summed E-state index contributed by atoms with van der Waals surface area (Å²) in [6, 6.07) is 111. The van der Waals surface area contributed by atoms with Crippen LogP contribution in [-0.4, -0.2) is 6.71 Å². The second-order valence-electron chi connectivity index (χ2n) is 27.0. The highest BCUT2D eigenvalue weighted by Gasteiger charge is 2.44. The van der Waals surface area contributed by atoms with E-state index in [1.165, 1.54) is 88.4 Å². The normalized spacial score (nSPS) is 12.5. The Morgan fingerprint density at radius 3 is 1.48 bits per heavy atom. The third-order valence-electron chi connectivity index (χ3n) is 20.1. The molecule has 2 aliphatic rings. The molecule has 14 aromatic carbocycles. The first kappa shape index (κ1) is 57.5. The molecule has 454 valence electrons. The van der Waals surface area contributed by atoms with Crippen LogP contribution in [0, 0.1) is 27.7 Å². The van der Waals surface area contributed by atoms with Crippen LogP contribution in [0.5, 0.6) is 0 Å². The maximum Gasteiger partial charge on any atom is 0.252 e. The Labute approximate surface area is 557 Å². The molecular formula is C90H70BN3O. The first-order valence-electron chi connectivity index (χ1n) is 33.3. The molecule has 2 aliphatic heterocycles. The van der Waals surface area contributed by atoms with Gasteiger partial charge in [0, 0.05) is 67.4 Å². The second-order valence-corrected chi connectivity index (χ2v) is 27.0. The summed E-state index contributed by atoms with van der Waals surface area (Å²) in [5.41, 5.74) is 33.4. The Balaban J connectivity index is 0.962. The van der Waals surface area contributed by atoms with Crippen LogP contribution in [0.4, 0.5) is 51.2 Å². The molecule has 5 heteroatoms. The van der Waals surface area contributed by atoms with Crippen molar-refractivity contribution in [2.75, 3.05) is 14.7 Å². The number of para-hydroxylation sites is 2. The number of fused-ring (bicyclic) bond motifs is 8. The summed E-state index contributed by atoms with van der Waals surface area (Å²) in [6.45, 7) is 15.7. The number of nitrogens with zero attached hydrogens (tertiary/aromatic N) is 3. The van der Waals surface area contributed by atoms with Crippen LogP contribution in [0.25, 0.3) is 88.3 Å². The summed E-state index contributed by atoms with van der Waals surface area (Å²) in [6.07, 6.45) is 0. The number of hydrogen-bond donors (Lipinski definition) is 0. The van der Waals surface area contributed by atoms with Crippen molar-refractivity contribution < 1.29 is 4.42 Å². The van der Waals surface area contributed by atoms with Crippen molar-refractivity contribution in [1.82, 2.24) is 0 Å². The van der Waals surface area contributed by atoms with E-state index >= 15 is 0 Å². The molecule has 0 saturated carbocycles. The molecule has 0 fully saturated rings. The van der Waals surface area contributed by atoms with Gasteiger partial charge in [0.05, 0.1) is 5.69 Å². The maximum atomic E-state index is 6.72. The molecular weight excluding hydrogens is 1150 g/mol. The number of benzene rings is 14. The van der Waals surface area contributed by atoms with Crippen molar-refractivity contribution in [1.29, 1.82) is 0 Å². The molecule has 3 heterocycles. The van der Waals surface area contributed by atoms with E-state index in [0.29, 0.717) is 0 Å². The Hall–Kier alpha value is -11.4. The number of rotatable bonds is 10. The van der Waals surface area contributed by atoms with Gasteiger partial charge in [-0.2, -0.15) is 0 Å². The van der Waals surface area contributed by atoms with Gasteiger partial charge in [-0.3, -0.25) is 0 Å². The number of aryl methyl sites for hydroxylation is 4. The number of furan rings is 1. The van der Waals surface area contributed by atoms with Crippen LogP contribution >= 0.6 is 0 Å². The Morgan fingerprint density at radius 2 is 0.842 bits per heavy atom. The van der Waals surface area contributed by atoms with Crippen molar-refractivity contribution in [3.05, 3.63) is 325 Å². The first-order valence-corrected chi connectivity index (χ1v) is 33.3. The molecule has 0 radical (unpaired) electrons. The minimum absolute atomic E-state index is 0.0408. The molecule has 0 atom stereocenters. The lowest BCUT2D eigenvalue weighted by Gasteiger charge is -2.45. The highest BCUT2D eigenvalue weighted by atomic mass is 16.3. The van der Waals surface area contributed by atoms with E-state index in [1.807, 2.05) is 0 Å². The van der Waals surface area contributed by atoms with Crippen LogP contribution < -0.4 is 31.1 Å². The predicted molar refractivity (Wildman–Crippen MR) is 405 cm³/mol. The van der Waals surface area contributed by atoms with Crippen molar-refractivity contribution in [2.24, 2.45) is 0 Å². The van der Waals surface area contributed by atoms with Crippen LogP contribution in [-0.2, 0) is 5.41 Å². The standard InChI is InChI=1S/C90H70BN3O/c1-57-21-18-22-58(2)85(57)66-39-50-77-80(53-66)93(70-43-35-62(36-44-70)61-25-10-8-11-26-61)82-54-67(86-59(3)23-19-24-60(86)4)55-83-88(82)91(77)78-51-49-72(56-81(78)94(83)71-45-37-64(38-46-71)74-32-20-33-76-75-31-16-17-34-84(75)95-89(74)76)92(69-47-41-68(42-48-69)90(5,6)7)79-52-40-63-27-14-15-30-73(63)87(79)65-28-12-9-13-29-65/h8-56H,1-7H3. The fraction of sp³-hybridized carbons (Fsp3) is 0.0889. The summed E-state index contributed by atoms with van der Waals surface area (Å²) < 4.78 is 6.72. The number of anilines is 9. The van der Waals surface area contributed by atoms with E-state index in [2.05, 4.69) is 360 Å². The molecule has 0 saturated heterocycles. The van der Waals surface area contributed by atoms with E-state index in [0.717, 1.165) is 95.4 Å². The van der Waals surface area contributed by atoms with Gasteiger partial charge in [-0.15, -0.1) is 0 Å². The van der Waals surface area contributed by atoms with Gasteiger partial charge in [-0.05, 0) is 211 Å². The smallest absolute Gasteiger partial charge is 0.252 e. The molecule has 0 aliphatic carbocycles. The molecule has 0 spiro atoms. The van der Waals surface area contributed by atoms with Gasteiger partial charge in [0.2, 0.25) is 0 Å². The first-order chi connectivity index (χ1) is 46.4. The average Bonchev–Trinajstić information content (AvgIpc) is 1.17. The second kappa shape index (κ2) is 22.7. The third kappa shape index (κ3) is 9.67. The van der Waals surface area contributed by atoms with Gasteiger partial charge < -0.3 is 19.1 Å². The molecule has 0 unspecified atom stereocenters. The largest absolute Gasteiger partial charge is 0.455 e. The summed E-state index contributed by atoms with van der Waals surface area (Å²) in [4.78, 5) is 7.68. The van der Waals surface area contributed by atoms with Gasteiger partial charge in [0.1, 0.15) is 11.2 Å². The Bertz CT molecular complexity index is 5470. The van der Waals surface area contributed by atoms with Crippen molar-refractivity contribution in [3.63, 3.8) is 0 Å². The monoisotopic (exact) mass is 1220 g/mol. The summed E-state index contributed by atoms with van der Waals surface area (Å²) in [5, 5.41) is 4.62. The summed E-state index contributed by atoms with van der Waals surface area (Å²) in [5.74, 6) is 0. The lowest BCUT2D eigenvalue weighted by atomic mass is 9.33. The predicted octanol–water partition coefficient (Wildman–Crippen LogP) is 23.2. The van der Waals surface area contributed by atoms with E-state index in [-0.39, 0.29) is 12.1 Å². The molecule has 4 nitrogen and oxygen atoms in total. The van der Waals surface area contributed by atoms with Gasteiger partial charge in [-0.25, -0.2) is 0 Å². The zero-order valence-corrected chi connectivity index (χ0v) is 54.6. The molecule has 15 aromatic rings. The number of hydrogen-bond acceptors (Lipinski definition) is 4. The summed E-state index contributed by atoms with van der Waals surface area (Å²) in [7, 11) is 0. The molecule has 17 rings (SSSR count). The SMILES string of the molecule is Cc1cccc(C)c1-c1ccc2c(c1)N(c1ccc(-c3ccccc3)cc1)c1cc(-c3c(C)cccc3C)cc3c1B2c1ccc(N(c2ccc(C(C)(C)C)cc2)c2ccc4ccccc4c2-c2ccccc2)cc1N3c1ccc(-c2cccc3c2oc2ccccc23)cc1. The van der Waals surface area contributed by atoms with Crippen LogP contribution in [0.15, 0.2) is 302 Å². The lowest BCUT2D eigenvalue weighted by molar-refractivity contribution is 0.590. The van der Waals surface area contributed by atoms with Crippen molar-refractivity contribution in [2.45, 2.75) is 53.9 Å². The minimum atomic E-state index is -0.167. The highest BCUT2D eigenvalue weighted by Crippen LogP contribution is 2.51. The van der Waals surface area contributed by atoms with Gasteiger partial charge >= 0.3 is 0 Å². The van der Waals surface area contributed by atoms with Gasteiger partial charge in [0.15, 0.2) is 0 Å². The zero-order valence-electron chi connectivity index (χ0n) is 54.6. The Kier molecular flexibility index (Phi) is 13.8. The average molecular weight is 1220 g/mol. The topological polar surface area (TPSA) is 22.9 Å². The highest BCUT2D eigenvalue weighted by molar-refractivity contribution is 7.00. The van der Waals surface area contributed by atoms with Crippen LogP contribution in [0.3, 0.4) is 0 Å².